The van der Waals surface area contributed by atoms with Crippen molar-refractivity contribution in [3.8, 4) is 0 Å². The van der Waals surface area contributed by atoms with E-state index in [-0.39, 0.29) is 0 Å². The molecule has 1 aromatic carbocycles. The summed E-state index contributed by atoms with van der Waals surface area (Å²) in [7, 11) is 0. The fraction of sp³-hybridized carbons (Fsp3) is 0.412. The summed E-state index contributed by atoms with van der Waals surface area (Å²) in [6, 6.07) is 10.5. The first-order valence-corrected chi connectivity index (χ1v) is 7.78. The van der Waals surface area contributed by atoms with Crippen molar-refractivity contribution >= 4 is 17.3 Å². The van der Waals surface area contributed by atoms with E-state index in [1.54, 1.807) is 6.33 Å². The Morgan fingerprint density at radius 1 is 1.05 bits per heavy atom. The predicted octanol–water partition coefficient (Wildman–Crippen LogP) is 3.77. The van der Waals surface area contributed by atoms with Crippen LogP contribution in [-0.2, 0) is 6.42 Å². The molecule has 2 heterocycles. The van der Waals surface area contributed by atoms with E-state index < -0.39 is 0 Å². The summed E-state index contributed by atoms with van der Waals surface area (Å²) in [5, 5.41) is 3.36. The standard InChI is InChI=1S/C17H22N4/c1-2-14-6-8-15(9-7-14)20-16-12-17(19-13-18-16)21-10-4-3-5-11-21/h6-9,12-13H,2-5,10-11H2,1H3,(H,18,19,20). The normalized spacial score (nSPS) is 15.0. The van der Waals surface area contributed by atoms with E-state index in [2.05, 4.69) is 51.4 Å². The number of piperidine rings is 1. The van der Waals surface area contributed by atoms with E-state index >= 15 is 0 Å². The maximum Gasteiger partial charge on any atom is 0.135 e. The van der Waals surface area contributed by atoms with Gasteiger partial charge >= 0.3 is 0 Å². The number of rotatable bonds is 4. The zero-order valence-corrected chi connectivity index (χ0v) is 12.5. The maximum atomic E-state index is 4.41. The van der Waals surface area contributed by atoms with Crippen LogP contribution in [-0.4, -0.2) is 23.1 Å². The Bertz CT molecular complexity index is 574. The van der Waals surface area contributed by atoms with Gasteiger partial charge in [0.15, 0.2) is 0 Å². The molecule has 1 N–H and O–H groups in total. The van der Waals surface area contributed by atoms with Gasteiger partial charge in [0.2, 0.25) is 0 Å². The monoisotopic (exact) mass is 282 g/mol. The number of nitrogens with one attached hydrogen (secondary N) is 1. The third kappa shape index (κ3) is 3.51. The molecular weight excluding hydrogens is 260 g/mol. The highest BCUT2D eigenvalue weighted by Gasteiger charge is 2.12. The molecule has 1 aliphatic heterocycles. The second-order valence-corrected chi connectivity index (χ2v) is 5.48. The Kier molecular flexibility index (Phi) is 4.34. The van der Waals surface area contributed by atoms with Crippen molar-refractivity contribution in [3.63, 3.8) is 0 Å². The molecule has 4 heteroatoms. The van der Waals surface area contributed by atoms with Crippen LogP contribution >= 0.6 is 0 Å². The number of hydrogen-bond acceptors (Lipinski definition) is 4. The average Bonchev–Trinajstić information content (AvgIpc) is 2.57. The minimum absolute atomic E-state index is 0.856. The molecule has 1 fully saturated rings. The van der Waals surface area contributed by atoms with Crippen molar-refractivity contribution in [1.82, 2.24) is 9.97 Å². The molecule has 0 spiro atoms. The highest BCUT2D eigenvalue weighted by atomic mass is 15.2. The van der Waals surface area contributed by atoms with Crippen LogP contribution in [0.25, 0.3) is 0 Å². The Morgan fingerprint density at radius 3 is 2.52 bits per heavy atom. The highest BCUT2D eigenvalue weighted by molar-refractivity contribution is 5.59. The summed E-state index contributed by atoms with van der Waals surface area (Å²) in [5.41, 5.74) is 2.41. The molecule has 0 radical (unpaired) electrons. The van der Waals surface area contributed by atoms with Gasteiger partial charge in [0, 0.05) is 24.8 Å². The molecule has 2 aromatic rings. The van der Waals surface area contributed by atoms with Gasteiger partial charge in [0.25, 0.3) is 0 Å². The SMILES string of the molecule is CCc1ccc(Nc2cc(N3CCCCC3)ncn2)cc1. The van der Waals surface area contributed by atoms with Crippen LogP contribution in [0.3, 0.4) is 0 Å². The van der Waals surface area contributed by atoms with Gasteiger partial charge in [-0.2, -0.15) is 0 Å². The molecule has 0 unspecified atom stereocenters. The van der Waals surface area contributed by atoms with Crippen molar-refractivity contribution < 1.29 is 0 Å². The Morgan fingerprint density at radius 2 is 1.81 bits per heavy atom. The fourth-order valence-electron chi connectivity index (χ4n) is 2.68. The number of aromatic nitrogens is 2. The van der Waals surface area contributed by atoms with Crippen molar-refractivity contribution in [2.45, 2.75) is 32.6 Å². The second-order valence-electron chi connectivity index (χ2n) is 5.48. The van der Waals surface area contributed by atoms with Crippen molar-refractivity contribution in [1.29, 1.82) is 0 Å². The first-order chi connectivity index (χ1) is 10.3. The van der Waals surface area contributed by atoms with Gasteiger partial charge in [-0.25, -0.2) is 9.97 Å². The lowest BCUT2D eigenvalue weighted by Gasteiger charge is -2.27. The molecule has 0 bridgehead atoms. The topological polar surface area (TPSA) is 41.0 Å². The predicted molar refractivity (Wildman–Crippen MR) is 87.2 cm³/mol. The van der Waals surface area contributed by atoms with Crippen LogP contribution in [0.15, 0.2) is 36.7 Å². The van der Waals surface area contributed by atoms with Crippen LogP contribution in [0, 0.1) is 0 Å². The molecule has 0 aliphatic carbocycles. The zero-order valence-electron chi connectivity index (χ0n) is 12.5. The van der Waals surface area contributed by atoms with Gasteiger partial charge in [-0.1, -0.05) is 19.1 Å². The Balaban J connectivity index is 1.72. The van der Waals surface area contributed by atoms with Gasteiger partial charge in [0.1, 0.15) is 18.0 Å². The molecule has 4 nitrogen and oxygen atoms in total. The molecule has 0 atom stereocenters. The van der Waals surface area contributed by atoms with E-state index in [1.807, 2.05) is 6.07 Å². The highest BCUT2D eigenvalue weighted by Crippen LogP contribution is 2.21. The minimum Gasteiger partial charge on any atom is -0.356 e. The summed E-state index contributed by atoms with van der Waals surface area (Å²) in [4.78, 5) is 11.1. The summed E-state index contributed by atoms with van der Waals surface area (Å²) >= 11 is 0. The average molecular weight is 282 g/mol. The largest absolute Gasteiger partial charge is 0.356 e. The van der Waals surface area contributed by atoms with Crippen molar-refractivity contribution in [2.24, 2.45) is 0 Å². The van der Waals surface area contributed by atoms with Crippen LogP contribution < -0.4 is 10.2 Å². The van der Waals surface area contributed by atoms with Gasteiger partial charge in [-0.15, -0.1) is 0 Å². The van der Waals surface area contributed by atoms with E-state index in [0.717, 1.165) is 36.8 Å². The van der Waals surface area contributed by atoms with Crippen LogP contribution in [0.1, 0.15) is 31.7 Å². The minimum atomic E-state index is 0.856. The van der Waals surface area contributed by atoms with E-state index in [1.165, 1.54) is 24.8 Å². The molecule has 21 heavy (non-hydrogen) atoms. The summed E-state index contributed by atoms with van der Waals surface area (Å²) < 4.78 is 0. The molecule has 1 aromatic heterocycles. The van der Waals surface area contributed by atoms with Gasteiger partial charge in [-0.3, -0.25) is 0 Å². The maximum absolute atomic E-state index is 4.41. The third-order valence-corrected chi connectivity index (χ3v) is 3.97. The fourth-order valence-corrected chi connectivity index (χ4v) is 2.68. The molecule has 1 saturated heterocycles. The first kappa shape index (κ1) is 13.9. The lowest BCUT2D eigenvalue weighted by atomic mass is 10.1. The van der Waals surface area contributed by atoms with Crippen molar-refractivity contribution in [3.05, 3.63) is 42.2 Å². The lowest BCUT2D eigenvalue weighted by molar-refractivity contribution is 0.573. The third-order valence-electron chi connectivity index (χ3n) is 3.97. The number of hydrogen-bond donors (Lipinski definition) is 1. The molecule has 110 valence electrons. The summed E-state index contributed by atoms with van der Waals surface area (Å²) in [5.74, 6) is 1.88. The van der Waals surface area contributed by atoms with Crippen LogP contribution in [0.5, 0.6) is 0 Å². The van der Waals surface area contributed by atoms with E-state index in [0.29, 0.717) is 0 Å². The Hall–Kier alpha value is -2.10. The van der Waals surface area contributed by atoms with Crippen molar-refractivity contribution in [2.75, 3.05) is 23.3 Å². The molecular formula is C17H22N4. The summed E-state index contributed by atoms with van der Waals surface area (Å²) in [6.07, 6.45) is 6.55. The lowest BCUT2D eigenvalue weighted by Crippen LogP contribution is -2.30. The van der Waals surface area contributed by atoms with E-state index in [4.69, 9.17) is 0 Å². The number of aryl methyl sites for hydroxylation is 1. The van der Waals surface area contributed by atoms with Gasteiger partial charge in [-0.05, 0) is 43.4 Å². The number of benzene rings is 1. The van der Waals surface area contributed by atoms with E-state index in [9.17, 15) is 0 Å². The molecule has 1 aliphatic rings. The number of nitrogens with zero attached hydrogens (tertiary/aromatic N) is 3. The first-order valence-electron chi connectivity index (χ1n) is 7.78. The van der Waals surface area contributed by atoms with Crippen LogP contribution in [0.2, 0.25) is 0 Å². The van der Waals surface area contributed by atoms with Gasteiger partial charge in [0.05, 0.1) is 0 Å². The van der Waals surface area contributed by atoms with Crippen LogP contribution in [0.4, 0.5) is 17.3 Å². The second kappa shape index (κ2) is 6.57. The number of anilines is 3. The molecule has 0 amide bonds. The smallest absolute Gasteiger partial charge is 0.135 e. The van der Waals surface area contributed by atoms with Gasteiger partial charge < -0.3 is 10.2 Å². The molecule has 3 rings (SSSR count). The summed E-state index contributed by atoms with van der Waals surface area (Å²) in [6.45, 7) is 4.36. The molecule has 0 saturated carbocycles. The Labute approximate surface area is 126 Å². The quantitative estimate of drug-likeness (QED) is 0.926. The zero-order chi connectivity index (χ0) is 14.5.